The Balaban J connectivity index is 1.61. The number of halogens is 2. The summed E-state index contributed by atoms with van der Waals surface area (Å²) < 4.78 is 28.3. The van der Waals surface area contributed by atoms with Gasteiger partial charge in [0, 0.05) is 23.4 Å². The Morgan fingerprint density at radius 1 is 1.04 bits per heavy atom. The first kappa shape index (κ1) is 18.0. The number of Topliss-reactive ketones (excluding diaryl/α,β-unsaturated/α-hetero) is 1. The summed E-state index contributed by atoms with van der Waals surface area (Å²) in [5.41, 5.74) is 2.54. The van der Waals surface area contributed by atoms with Crippen LogP contribution in [-0.4, -0.2) is 16.8 Å². The predicted molar refractivity (Wildman–Crippen MR) is 103 cm³/mol. The van der Waals surface area contributed by atoms with Crippen LogP contribution in [0.25, 0.3) is 10.9 Å². The molecule has 1 aliphatic carbocycles. The Kier molecular flexibility index (Phi) is 4.50. The van der Waals surface area contributed by atoms with Gasteiger partial charge in [0.1, 0.15) is 17.2 Å². The van der Waals surface area contributed by atoms with E-state index in [1.54, 1.807) is 25.1 Å². The van der Waals surface area contributed by atoms with E-state index in [-0.39, 0.29) is 22.4 Å². The summed E-state index contributed by atoms with van der Waals surface area (Å²) in [7, 11) is 0. The normalized spacial score (nSPS) is 13.3. The van der Waals surface area contributed by atoms with Crippen molar-refractivity contribution >= 4 is 34.1 Å². The van der Waals surface area contributed by atoms with Crippen molar-refractivity contribution in [3.8, 4) is 0 Å². The second-order valence-electron chi connectivity index (χ2n) is 6.79. The van der Waals surface area contributed by atoms with Crippen molar-refractivity contribution in [3.63, 3.8) is 0 Å². The van der Waals surface area contributed by atoms with Crippen molar-refractivity contribution in [1.82, 2.24) is 4.98 Å². The molecule has 0 saturated carbocycles. The Labute approximate surface area is 159 Å². The fourth-order valence-corrected chi connectivity index (χ4v) is 3.50. The molecular formula is C21H17F2N3O2. The lowest BCUT2D eigenvalue weighted by Crippen LogP contribution is -2.20. The number of fused-ring (bicyclic) bond motifs is 2. The van der Waals surface area contributed by atoms with Gasteiger partial charge in [0.15, 0.2) is 5.78 Å². The summed E-state index contributed by atoms with van der Waals surface area (Å²) in [4.78, 5) is 28.4. The molecule has 0 radical (unpaired) electrons. The van der Waals surface area contributed by atoms with Gasteiger partial charge in [0.2, 0.25) is 0 Å². The molecule has 0 bridgehead atoms. The highest BCUT2D eigenvalue weighted by Gasteiger charge is 2.18. The fourth-order valence-electron chi connectivity index (χ4n) is 3.50. The molecule has 7 heteroatoms. The number of nitrogens with one attached hydrogen (secondary N) is 2. The molecule has 142 valence electrons. The molecule has 0 fully saturated rings. The van der Waals surface area contributed by atoms with E-state index in [2.05, 4.69) is 15.6 Å². The topological polar surface area (TPSA) is 71.1 Å². The maximum absolute atomic E-state index is 14.3. The highest BCUT2D eigenvalue weighted by molar-refractivity contribution is 6.06. The molecule has 0 saturated heterocycles. The van der Waals surface area contributed by atoms with Crippen LogP contribution in [0.3, 0.4) is 0 Å². The van der Waals surface area contributed by atoms with E-state index >= 15 is 0 Å². The Morgan fingerprint density at radius 2 is 1.82 bits per heavy atom. The quantitative estimate of drug-likeness (QED) is 0.657. The first-order valence-electron chi connectivity index (χ1n) is 8.92. The van der Waals surface area contributed by atoms with Crippen LogP contribution >= 0.6 is 0 Å². The van der Waals surface area contributed by atoms with Gasteiger partial charge in [-0.1, -0.05) is 0 Å². The number of nitrogens with zero attached hydrogens (tertiary/aromatic N) is 1. The maximum Gasteiger partial charge on any atom is 0.323 e. The lowest BCUT2D eigenvalue weighted by Gasteiger charge is -2.16. The first-order chi connectivity index (χ1) is 13.4. The molecule has 3 aromatic rings. The van der Waals surface area contributed by atoms with Crippen molar-refractivity contribution in [3.05, 3.63) is 64.9 Å². The van der Waals surface area contributed by atoms with Crippen LogP contribution in [0.4, 0.5) is 25.0 Å². The highest BCUT2D eigenvalue weighted by Crippen LogP contribution is 2.28. The van der Waals surface area contributed by atoms with E-state index in [4.69, 9.17) is 0 Å². The van der Waals surface area contributed by atoms with Gasteiger partial charge in [0.05, 0.1) is 11.1 Å². The fraction of sp³-hybridized carbons (Fsp3) is 0.190. The molecule has 0 aliphatic heterocycles. The van der Waals surface area contributed by atoms with Gasteiger partial charge in [-0.15, -0.1) is 0 Å². The van der Waals surface area contributed by atoms with E-state index in [9.17, 15) is 18.4 Å². The van der Waals surface area contributed by atoms with Crippen LogP contribution in [0.15, 0.2) is 36.4 Å². The van der Waals surface area contributed by atoms with Crippen molar-refractivity contribution in [2.45, 2.75) is 26.2 Å². The van der Waals surface area contributed by atoms with Crippen molar-refractivity contribution < 1.29 is 18.4 Å². The Bertz CT molecular complexity index is 1130. The van der Waals surface area contributed by atoms with Gasteiger partial charge in [0.25, 0.3) is 0 Å². The van der Waals surface area contributed by atoms with Gasteiger partial charge in [-0.25, -0.2) is 18.6 Å². The third-order valence-electron chi connectivity index (χ3n) is 4.75. The summed E-state index contributed by atoms with van der Waals surface area (Å²) in [6.45, 7) is 1.63. The molecule has 2 aromatic carbocycles. The van der Waals surface area contributed by atoms with E-state index in [0.29, 0.717) is 23.4 Å². The third-order valence-corrected chi connectivity index (χ3v) is 4.75. The molecule has 0 atom stereocenters. The minimum absolute atomic E-state index is 0.0863. The maximum atomic E-state index is 14.3. The van der Waals surface area contributed by atoms with Gasteiger partial charge < -0.3 is 10.6 Å². The van der Waals surface area contributed by atoms with Crippen LogP contribution in [0, 0.1) is 18.6 Å². The Morgan fingerprint density at radius 3 is 2.64 bits per heavy atom. The molecule has 1 aromatic heterocycles. The number of ketones is 1. The minimum atomic E-state index is -0.675. The lowest BCUT2D eigenvalue weighted by atomic mass is 9.90. The molecule has 4 rings (SSSR count). The second kappa shape index (κ2) is 6.99. The lowest BCUT2D eigenvalue weighted by molar-refractivity contribution is 0.0972. The van der Waals surface area contributed by atoms with Crippen molar-refractivity contribution in [2.75, 3.05) is 10.6 Å². The average molecular weight is 381 g/mol. The zero-order valence-corrected chi connectivity index (χ0v) is 15.1. The van der Waals surface area contributed by atoms with E-state index in [0.717, 1.165) is 30.5 Å². The number of urea groups is 1. The largest absolute Gasteiger partial charge is 0.323 e. The van der Waals surface area contributed by atoms with Gasteiger partial charge >= 0.3 is 6.03 Å². The SMILES string of the molecule is Cc1cc(NC(=O)Nc2ccc3c(c2)CCCC3=O)c2c(F)ccc(F)c2n1. The Hall–Kier alpha value is -3.35. The second-order valence-corrected chi connectivity index (χ2v) is 6.79. The van der Waals surface area contributed by atoms with Crippen molar-refractivity contribution in [1.29, 1.82) is 0 Å². The van der Waals surface area contributed by atoms with Gasteiger partial charge in [-0.2, -0.15) is 0 Å². The van der Waals surface area contributed by atoms with E-state index in [1.807, 2.05) is 0 Å². The summed E-state index contributed by atoms with van der Waals surface area (Å²) in [6.07, 6.45) is 2.10. The first-order valence-corrected chi connectivity index (χ1v) is 8.92. The third kappa shape index (κ3) is 3.31. The number of benzene rings is 2. The number of carbonyl (C=O) groups excluding carboxylic acids is 2. The molecule has 2 amide bonds. The number of rotatable bonds is 2. The van der Waals surface area contributed by atoms with Gasteiger partial charge in [-0.3, -0.25) is 4.79 Å². The number of hydrogen-bond acceptors (Lipinski definition) is 3. The van der Waals surface area contributed by atoms with Crippen LogP contribution in [0.5, 0.6) is 0 Å². The summed E-state index contributed by atoms with van der Waals surface area (Å²) >= 11 is 0. The summed E-state index contributed by atoms with van der Waals surface area (Å²) in [6, 6.07) is 8.00. The van der Waals surface area contributed by atoms with E-state index < -0.39 is 17.7 Å². The van der Waals surface area contributed by atoms with Gasteiger partial charge in [-0.05, 0) is 61.7 Å². The molecular weight excluding hydrogens is 364 g/mol. The van der Waals surface area contributed by atoms with E-state index in [1.165, 1.54) is 6.07 Å². The number of hydrogen-bond donors (Lipinski definition) is 2. The van der Waals surface area contributed by atoms with Crippen LogP contribution in [-0.2, 0) is 6.42 Å². The monoisotopic (exact) mass is 381 g/mol. The average Bonchev–Trinajstić information content (AvgIpc) is 2.64. The number of aromatic nitrogens is 1. The highest BCUT2D eigenvalue weighted by atomic mass is 19.1. The molecule has 28 heavy (non-hydrogen) atoms. The van der Waals surface area contributed by atoms with Crippen LogP contribution in [0.1, 0.15) is 34.5 Å². The van der Waals surface area contributed by atoms with Crippen molar-refractivity contribution in [2.24, 2.45) is 0 Å². The predicted octanol–water partition coefficient (Wildman–Crippen LogP) is 4.98. The number of amides is 2. The van der Waals surface area contributed by atoms with Crippen LogP contribution in [0.2, 0.25) is 0 Å². The summed E-state index contributed by atoms with van der Waals surface area (Å²) in [5, 5.41) is 5.16. The molecule has 1 heterocycles. The molecule has 5 nitrogen and oxygen atoms in total. The minimum Gasteiger partial charge on any atom is -0.308 e. The number of pyridine rings is 1. The molecule has 2 N–H and O–H groups in total. The smallest absolute Gasteiger partial charge is 0.308 e. The number of carbonyl (C=O) groups is 2. The summed E-state index contributed by atoms with van der Waals surface area (Å²) in [5.74, 6) is -1.23. The molecule has 1 aliphatic rings. The van der Waals surface area contributed by atoms with Crippen LogP contribution < -0.4 is 10.6 Å². The molecule has 0 unspecified atom stereocenters. The zero-order chi connectivity index (χ0) is 19.8. The molecule has 0 spiro atoms. The number of anilines is 2. The number of aryl methyl sites for hydroxylation is 2. The standard InChI is InChI=1S/C21H17F2N3O2/c1-11-9-17(19-15(22)7-8-16(23)20(19)24-11)26-21(28)25-13-5-6-14-12(10-13)3-2-4-18(14)27/h5-10H,2-4H2,1H3,(H2,24,25,26,28). The zero-order valence-electron chi connectivity index (χ0n) is 15.1.